The highest BCUT2D eigenvalue weighted by molar-refractivity contribution is 7.54. The second-order valence-corrected chi connectivity index (χ2v) is 10.4. The van der Waals surface area contributed by atoms with Crippen molar-refractivity contribution in [1.82, 2.24) is 0 Å². The van der Waals surface area contributed by atoms with E-state index < -0.39 is 7.60 Å². The van der Waals surface area contributed by atoms with Crippen LogP contribution in [0.4, 0.5) is 0 Å². The summed E-state index contributed by atoms with van der Waals surface area (Å²) in [4.78, 5) is 12.5. The molecule has 0 N–H and O–H groups in total. The van der Waals surface area contributed by atoms with Gasteiger partial charge in [0.1, 0.15) is 11.9 Å². The van der Waals surface area contributed by atoms with Gasteiger partial charge < -0.3 is 13.8 Å². The van der Waals surface area contributed by atoms with Crippen LogP contribution >= 0.6 is 7.60 Å². The Morgan fingerprint density at radius 1 is 1.10 bits per heavy atom. The molecule has 5 nitrogen and oxygen atoms in total. The summed E-state index contributed by atoms with van der Waals surface area (Å²) in [5.41, 5.74) is 4.61. The summed E-state index contributed by atoms with van der Waals surface area (Å²) in [7, 11) is -1.66. The van der Waals surface area contributed by atoms with Crippen LogP contribution in [0.5, 0.6) is 5.75 Å². The summed E-state index contributed by atoms with van der Waals surface area (Å²) >= 11 is 0. The summed E-state index contributed by atoms with van der Waals surface area (Å²) in [6.45, 7) is 10.5. The van der Waals surface area contributed by atoms with Crippen LogP contribution in [0.3, 0.4) is 0 Å². The third-order valence-corrected chi connectivity index (χ3v) is 7.10. The fraction of sp³-hybridized carbons (Fsp3) is 0.609. The number of ether oxygens (including phenoxy) is 1. The van der Waals surface area contributed by atoms with Gasteiger partial charge in [-0.05, 0) is 73.8 Å². The van der Waals surface area contributed by atoms with Crippen molar-refractivity contribution in [3.63, 3.8) is 0 Å². The minimum Gasteiger partial charge on any atom is -0.496 e. The van der Waals surface area contributed by atoms with Gasteiger partial charge in [0.05, 0.1) is 20.3 Å². The molecule has 1 aromatic rings. The van der Waals surface area contributed by atoms with Crippen molar-refractivity contribution >= 4 is 19.5 Å². The Balaban J connectivity index is 2.39. The summed E-state index contributed by atoms with van der Waals surface area (Å²) in [5, 5.41) is 0. The molecule has 6 heteroatoms. The summed E-state index contributed by atoms with van der Waals surface area (Å²) < 4.78 is 28.9. The fourth-order valence-corrected chi connectivity index (χ4v) is 5.36. The van der Waals surface area contributed by atoms with Crippen LogP contribution < -0.4 is 4.74 Å². The third kappa shape index (κ3) is 6.04. The number of benzene rings is 1. The van der Waals surface area contributed by atoms with E-state index in [1.54, 1.807) is 21.0 Å². The van der Waals surface area contributed by atoms with E-state index in [2.05, 4.69) is 26.8 Å². The van der Waals surface area contributed by atoms with Gasteiger partial charge in [0.2, 0.25) is 0 Å². The Morgan fingerprint density at radius 3 is 2.21 bits per heavy atom. The zero-order valence-corrected chi connectivity index (χ0v) is 19.6. The molecule has 0 heterocycles. The van der Waals surface area contributed by atoms with E-state index in [0.29, 0.717) is 0 Å². The van der Waals surface area contributed by atoms with Gasteiger partial charge in [-0.1, -0.05) is 26.8 Å². The van der Waals surface area contributed by atoms with Crippen molar-refractivity contribution in [2.24, 2.45) is 0 Å². The minimum atomic E-state index is -3.39. The molecule has 0 saturated carbocycles. The number of carbonyl (C=O) groups excluding carboxylic acids is 1. The molecule has 162 valence electrons. The molecular weight excluding hydrogens is 387 g/mol. The first kappa shape index (κ1) is 23.9. The second kappa shape index (κ2) is 10.1. The summed E-state index contributed by atoms with van der Waals surface area (Å²) in [5.74, 6) is 0.723. The standard InChI is InChI=1S/C23H35O5P/c1-7-27-29(25,28-8-2)16-18(24)14-13-17-15-21(23(3,4)5)22(26-6)20-12-10-9-11-19(17)20/h13-15H,7-12,16H2,1-6H3. The molecule has 0 fully saturated rings. The lowest BCUT2D eigenvalue weighted by Crippen LogP contribution is -2.17. The van der Waals surface area contributed by atoms with E-state index in [1.807, 2.05) is 6.08 Å². The highest BCUT2D eigenvalue weighted by atomic mass is 31.2. The third-order valence-electron chi connectivity index (χ3n) is 5.10. The number of hydrogen-bond acceptors (Lipinski definition) is 5. The highest BCUT2D eigenvalue weighted by Gasteiger charge is 2.28. The van der Waals surface area contributed by atoms with Gasteiger partial charge in [-0.15, -0.1) is 0 Å². The molecule has 0 atom stereocenters. The van der Waals surface area contributed by atoms with E-state index >= 15 is 0 Å². The first-order valence-electron chi connectivity index (χ1n) is 10.5. The molecule has 0 aromatic heterocycles. The molecule has 0 saturated heterocycles. The van der Waals surface area contributed by atoms with Gasteiger partial charge in [0.15, 0.2) is 5.78 Å². The number of ketones is 1. The van der Waals surface area contributed by atoms with Crippen LogP contribution in [-0.4, -0.2) is 32.3 Å². The second-order valence-electron chi connectivity index (χ2n) is 8.37. The molecule has 1 aliphatic rings. The van der Waals surface area contributed by atoms with Gasteiger partial charge in [0.25, 0.3) is 0 Å². The summed E-state index contributed by atoms with van der Waals surface area (Å²) in [6, 6.07) is 2.14. The number of fused-ring (bicyclic) bond motifs is 1. The molecule has 0 radical (unpaired) electrons. The molecule has 0 amide bonds. The van der Waals surface area contributed by atoms with Crippen molar-refractivity contribution in [2.75, 3.05) is 26.5 Å². The molecule has 29 heavy (non-hydrogen) atoms. The average molecular weight is 423 g/mol. The largest absolute Gasteiger partial charge is 0.496 e. The lowest BCUT2D eigenvalue weighted by molar-refractivity contribution is -0.112. The number of methoxy groups -OCH3 is 1. The smallest absolute Gasteiger partial charge is 0.338 e. The average Bonchev–Trinajstić information content (AvgIpc) is 2.65. The van der Waals surface area contributed by atoms with Crippen LogP contribution in [0.25, 0.3) is 6.08 Å². The zero-order valence-electron chi connectivity index (χ0n) is 18.7. The molecule has 0 bridgehead atoms. The van der Waals surface area contributed by atoms with Gasteiger partial charge in [-0.3, -0.25) is 9.36 Å². The molecule has 1 aliphatic carbocycles. The van der Waals surface area contributed by atoms with E-state index in [9.17, 15) is 9.36 Å². The first-order chi connectivity index (χ1) is 13.6. The number of allylic oxidation sites excluding steroid dienone is 1. The van der Waals surface area contributed by atoms with Crippen molar-refractivity contribution in [2.45, 2.75) is 65.7 Å². The summed E-state index contributed by atoms with van der Waals surface area (Å²) in [6.07, 6.45) is 7.35. The first-order valence-corrected chi connectivity index (χ1v) is 12.2. The maximum absolute atomic E-state index is 12.6. The lowest BCUT2D eigenvalue weighted by atomic mass is 9.78. The Kier molecular flexibility index (Phi) is 8.28. The highest BCUT2D eigenvalue weighted by Crippen LogP contribution is 2.48. The Bertz CT molecular complexity index is 794. The number of hydrogen-bond donors (Lipinski definition) is 0. The van der Waals surface area contributed by atoms with Crippen molar-refractivity contribution in [1.29, 1.82) is 0 Å². The SMILES string of the molecule is CCOP(=O)(CC(=O)C=Cc1cc(C(C)(C)C)c(OC)c2c1CCCC2)OCC. The van der Waals surface area contributed by atoms with Gasteiger partial charge in [-0.2, -0.15) is 0 Å². The van der Waals surface area contributed by atoms with Crippen molar-refractivity contribution in [3.05, 3.63) is 34.4 Å². The van der Waals surface area contributed by atoms with Crippen LogP contribution in [0, 0.1) is 0 Å². The van der Waals surface area contributed by atoms with Crippen molar-refractivity contribution < 1.29 is 23.1 Å². The van der Waals surface area contributed by atoms with E-state index in [-0.39, 0.29) is 30.6 Å². The maximum Gasteiger partial charge on any atom is 0.338 e. The Labute approximate surface area is 175 Å². The predicted molar refractivity (Wildman–Crippen MR) is 118 cm³/mol. The lowest BCUT2D eigenvalue weighted by Gasteiger charge is -2.29. The van der Waals surface area contributed by atoms with Gasteiger partial charge >= 0.3 is 7.60 Å². The van der Waals surface area contributed by atoms with E-state index in [0.717, 1.165) is 42.6 Å². The van der Waals surface area contributed by atoms with E-state index in [4.69, 9.17) is 13.8 Å². The van der Waals surface area contributed by atoms with Crippen LogP contribution in [0.2, 0.25) is 0 Å². The van der Waals surface area contributed by atoms with Gasteiger partial charge in [-0.25, -0.2) is 0 Å². The quantitative estimate of drug-likeness (QED) is 0.376. The van der Waals surface area contributed by atoms with Gasteiger partial charge in [0, 0.05) is 5.56 Å². The molecular formula is C23H35O5P. The molecule has 2 rings (SSSR count). The molecule has 0 spiro atoms. The Morgan fingerprint density at radius 2 is 1.69 bits per heavy atom. The number of carbonyl (C=O) groups is 1. The van der Waals surface area contributed by atoms with Crippen LogP contribution in [0.1, 0.15) is 69.7 Å². The monoisotopic (exact) mass is 422 g/mol. The van der Waals surface area contributed by atoms with E-state index in [1.165, 1.54) is 17.2 Å². The minimum absolute atomic E-state index is 0.0793. The zero-order chi connectivity index (χ0) is 21.7. The molecule has 0 aliphatic heterocycles. The van der Waals surface area contributed by atoms with Crippen molar-refractivity contribution in [3.8, 4) is 5.75 Å². The Hall–Kier alpha value is -1.42. The molecule has 0 unspecified atom stereocenters. The van der Waals surface area contributed by atoms with Crippen LogP contribution in [-0.2, 0) is 36.7 Å². The van der Waals surface area contributed by atoms with Crippen LogP contribution in [0.15, 0.2) is 12.1 Å². The maximum atomic E-state index is 12.6. The topological polar surface area (TPSA) is 61.8 Å². The number of rotatable bonds is 9. The molecule has 1 aromatic carbocycles. The normalized spacial score (nSPS) is 14.8. The predicted octanol–water partition coefficient (Wildman–Crippen LogP) is 5.72. The fourth-order valence-electron chi connectivity index (χ4n) is 3.83.